The molecule has 2 amide bonds. The Bertz CT molecular complexity index is 1230. The third kappa shape index (κ3) is 7.08. The van der Waals surface area contributed by atoms with Gasteiger partial charge in [-0.1, -0.05) is 35.9 Å². The zero-order chi connectivity index (χ0) is 27.3. The van der Waals surface area contributed by atoms with Crippen molar-refractivity contribution in [1.29, 1.82) is 0 Å². The summed E-state index contributed by atoms with van der Waals surface area (Å²) in [7, 11) is 0. The van der Waals surface area contributed by atoms with Crippen LogP contribution in [0.25, 0.3) is 0 Å². The van der Waals surface area contributed by atoms with Gasteiger partial charge in [-0.25, -0.2) is 9.78 Å². The number of likely N-dealkylation sites (tertiary alicyclic amines) is 1. The Morgan fingerprint density at radius 1 is 1.11 bits per heavy atom. The molecule has 1 aromatic carbocycles. The van der Waals surface area contributed by atoms with Crippen molar-refractivity contribution in [2.24, 2.45) is 0 Å². The standard InChI is InChI=1S/C29H33ClN4O4/c1-29(2,3)38-28(37)34-23(11-12-24(34)26(35)22-10-13-25(30)32-18-22)15-19-6-8-21(9-7-19)27(36)33-17-20-5-4-14-31-16-20/h4-10,13-14,16,18,23-24,26,35H,11-12,15,17H2,1-3H3,(H,33,36). The smallest absolute Gasteiger partial charge is 0.410 e. The van der Waals surface area contributed by atoms with Crippen LogP contribution in [0.4, 0.5) is 4.79 Å². The summed E-state index contributed by atoms with van der Waals surface area (Å²) < 4.78 is 5.72. The highest BCUT2D eigenvalue weighted by atomic mass is 35.5. The molecule has 3 aromatic rings. The van der Waals surface area contributed by atoms with Crippen molar-refractivity contribution in [3.05, 3.63) is 94.5 Å². The maximum atomic E-state index is 13.3. The molecule has 8 nitrogen and oxygen atoms in total. The first-order chi connectivity index (χ1) is 18.1. The Morgan fingerprint density at radius 2 is 1.87 bits per heavy atom. The van der Waals surface area contributed by atoms with Crippen LogP contribution in [0.2, 0.25) is 5.15 Å². The van der Waals surface area contributed by atoms with Crippen molar-refractivity contribution >= 4 is 23.6 Å². The molecule has 4 rings (SSSR count). The highest BCUT2D eigenvalue weighted by Gasteiger charge is 2.43. The van der Waals surface area contributed by atoms with Gasteiger partial charge in [0, 0.05) is 42.3 Å². The molecule has 2 aromatic heterocycles. The van der Waals surface area contributed by atoms with E-state index in [1.165, 1.54) is 6.20 Å². The quantitative estimate of drug-likeness (QED) is 0.407. The summed E-state index contributed by atoms with van der Waals surface area (Å²) in [6.07, 6.45) is 5.44. The van der Waals surface area contributed by atoms with E-state index in [4.69, 9.17) is 16.3 Å². The average Bonchev–Trinajstić information content (AvgIpc) is 3.31. The lowest BCUT2D eigenvalue weighted by Crippen LogP contribution is -2.47. The van der Waals surface area contributed by atoms with Crippen LogP contribution in [-0.4, -0.2) is 49.7 Å². The van der Waals surface area contributed by atoms with Gasteiger partial charge in [0.25, 0.3) is 5.91 Å². The monoisotopic (exact) mass is 536 g/mol. The molecule has 3 unspecified atom stereocenters. The predicted octanol–water partition coefficient (Wildman–Crippen LogP) is 5.10. The summed E-state index contributed by atoms with van der Waals surface area (Å²) in [4.78, 5) is 35.7. The SMILES string of the molecule is CC(C)(C)OC(=O)N1C(Cc2ccc(C(=O)NCc3cccnc3)cc2)CCC1C(O)c1ccc(Cl)nc1. The van der Waals surface area contributed by atoms with E-state index in [1.807, 2.05) is 45.0 Å². The van der Waals surface area contributed by atoms with Crippen molar-refractivity contribution in [3.8, 4) is 0 Å². The number of nitrogens with zero attached hydrogens (tertiary/aromatic N) is 3. The second-order valence-corrected chi connectivity index (χ2v) is 10.9. The maximum Gasteiger partial charge on any atom is 0.410 e. The topological polar surface area (TPSA) is 105 Å². The highest BCUT2D eigenvalue weighted by molar-refractivity contribution is 6.29. The van der Waals surface area contributed by atoms with E-state index < -0.39 is 23.8 Å². The van der Waals surface area contributed by atoms with Crippen molar-refractivity contribution in [2.75, 3.05) is 0 Å². The predicted molar refractivity (Wildman–Crippen MR) is 145 cm³/mol. The molecule has 0 radical (unpaired) electrons. The number of carbonyl (C=O) groups excluding carboxylic acids is 2. The van der Waals surface area contributed by atoms with Gasteiger partial charge in [0.1, 0.15) is 16.9 Å². The first-order valence-corrected chi connectivity index (χ1v) is 13.1. The number of nitrogens with one attached hydrogen (secondary N) is 1. The van der Waals surface area contributed by atoms with Crippen LogP contribution in [-0.2, 0) is 17.7 Å². The molecule has 3 atom stereocenters. The molecular weight excluding hydrogens is 504 g/mol. The first-order valence-electron chi connectivity index (χ1n) is 12.7. The fourth-order valence-corrected chi connectivity index (χ4v) is 4.77. The summed E-state index contributed by atoms with van der Waals surface area (Å²) in [6.45, 7) is 5.86. The van der Waals surface area contributed by atoms with Gasteiger partial charge in [-0.3, -0.25) is 14.7 Å². The van der Waals surface area contributed by atoms with Gasteiger partial charge in [0.2, 0.25) is 0 Å². The summed E-state index contributed by atoms with van der Waals surface area (Å²) in [5.41, 5.74) is 2.38. The van der Waals surface area contributed by atoms with Crippen LogP contribution >= 0.6 is 11.6 Å². The van der Waals surface area contributed by atoms with E-state index in [0.29, 0.717) is 42.1 Å². The van der Waals surface area contributed by atoms with Gasteiger partial charge < -0.3 is 15.2 Å². The second kappa shape index (κ2) is 11.9. The lowest BCUT2D eigenvalue weighted by atomic mass is 10.0. The van der Waals surface area contributed by atoms with E-state index in [-0.39, 0.29) is 11.9 Å². The lowest BCUT2D eigenvalue weighted by molar-refractivity contribution is -0.00458. The summed E-state index contributed by atoms with van der Waals surface area (Å²) >= 11 is 5.91. The van der Waals surface area contributed by atoms with Crippen LogP contribution < -0.4 is 5.32 Å². The van der Waals surface area contributed by atoms with Crippen LogP contribution in [0.3, 0.4) is 0 Å². The molecule has 200 valence electrons. The molecule has 0 bridgehead atoms. The number of aromatic nitrogens is 2. The maximum absolute atomic E-state index is 13.3. The molecule has 0 aliphatic carbocycles. The molecule has 0 spiro atoms. The number of hydrogen-bond donors (Lipinski definition) is 2. The van der Waals surface area contributed by atoms with E-state index in [9.17, 15) is 14.7 Å². The van der Waals surface area contributed by atoms with Gasteiger partial charge in [-0.2, -0.15) is 0 Å². The molecule has 1 aliphatic heterocycles. The van der Waals surface area contributed by atoms with Crippen molar-refractivity contribution < 1.29 is 19.4 Å². The van der Waals surface area contributed by atoms with E-state index in [1.54, 1.807) is 41.6 Å². The summed E-state index contributed by atoms with van der Waals surface area (Å²) in [5.74, 6) is -0.170. The third-order valence-corrected chi connectivity index (χ3v) is 6.69. The molecule has 3 heterocycles. The van der Waals surface area contributed by atoms with E-state index >= 15 is 0 Å². The number of halogens is 1. The largest absolute Gasteiger partial charge is 0.444 e. The van der Waals surface area contributed by atoms with Crippen LogP contribution in [0.15, 0.2) is 67.1 Å². The zero-order valence-electron chi connectivity index (χ0n) is 21.8. The van der Waals surface area contributed by atoms with Crippen molar-refractivity contribution in [2.45, 2.75) is 70.4 Å². The van der Waals surface area contributed by atoms with Crippen LogP contribution in [0, 0.1) is 0 Å². The minimum Gasteiger partial charge on any atom is -0.444 e. The van der Waals surface area contributed by atoms with Crippen molar-refractivity contribution in [1.82, 2.24) is 20.2 Å². The van der Waals surface area contributed by atoms with Gasteiger partial charge in [0.05, 0.1) is 6.04 Å². The number of amides is 2. The van der Waals surface area contributed by atoms with Gasteiger partial charge in [-0.15, -0.1) is 0 Å². The Kier molecular flexibility index (Phi) is 8.64. The Hall–Kier alpha value is -3.49. The van der Waals surface area contributed by atoms with Crippen LogP contribution in [0.1, 0.15) is 66.8 Å². The normalized spacial score (nSPS) is 18.2. The number of benzene rings is 1. The van der Waals surface area contributed by atoms with Gasteiger partial charge >= 0.3 is 6.09 Å². The molecule has 1 saturated heterocycles. The van der Waals surface area contributed by atoms with E-state index in [0.717, 1.165) is 11.1 Å². The average molecular weight is 537 g/mol. The number of aliphatic hydroxyl groups excluding tert-OH is 1. The molecule has 0 saturated carbocycles. The Labute approximate surface area is 228 Å². The highest BCUT2D eigenvalue weighted by Crippen LogP contribution is 2.36. The van der Waals surface area contributed by atoms with Crippen LogP contribution in [0.5, 0.6) is 0 Å². The van der Waals surface area contributed by atoms with Gasteiger partial charge in [-0.05, 0) is 75.4 Å². The molecule has 38 heavy (non-hydrogen) atoms. The van der Waals surface area contributed by atoms with Crippen molar-refractivity contribution in [3.63, 3.8) is 0 Å². The number of ether oxygens (including phenoxy) is 1. The molecule has 2 N–H and O–H groups in total. The number of aliphatic hydroxyl groups is 1. The summed E-state index contributed by atoms with van der Waals surface area (Å²) in [5, 5.41) is 14.4. The number of carbonyl (C=O) groups is 2. The van der Waals surface area contributed by atoms with E-state index in [2.05, 4.69) is 15.3 Å². The molecular formula is C29H33ClN4O4. The lowest BCUT2D eigenvalue weighted by Gasteiger charge is -2.34. The zero-order valence-corrected chi connectivity index (χ0v) is 22.6. The van der Waals surface area contributed by atoms with Gasteiger partial charge in [0.15, 0.2) is 0 Å². The fourth-order valence-electron chi connectivity index (χ4n) is 4.66. The Morgan fingerprint density at radius 3 is 2.50 bits per heavy atom. The molecule has 9 heteroatoms. The number of hydrogen-bond acceptors (Lipinski definition) is 6. The Balaban J connectivity index is 1.46. The number of pyridine rings is 2. The second-order valence-electron chi connectivity index (χ2n) is 10.5. The first kappa shape index (κ1) is 27.5. The third-order valence-electron chi connectivity index (χ3n) is 6.47. The molecule has 1 fully saturated rings. The summed E-state index contributed by atoms with van der Waals surface area (Å²) in [6, 6.07) is 13.8. The minimum absolute atomic E-state index is 0.170. The minimum atomic E-state index is -0.928. The fraction of sp³-hybridized carbons (Fsp3) is 0.379. The number of rotatable bonds is 7. The molecule has 1 aliphatic rings.